The first-order chi connectivity index (χ1) is 14.8. The zero-order chi connectivity index (χ0) is 22.7. The minimum atomic E-state index is -1.04. The van der Waals surface area contributed by atoms with Crippen molar-refractivity contribution < 1.29 is 24.5 Å². The van der Waals surface area contributed by atoms with E-state index in [0.717, 1.165) is 25.0 Å². The smallest absolute Gasteiger partial charge is 0.322 e. The lowest BCUT2D eigenvalue weighted by molar-refractivity contribution is -0.136. The molecule has 0 bridgehead atoms. The van der Waals surface area contributed by atoms with E-state index in [9.17, 15) is 14.7 Å². The fourth-order valence-electron chi connectivity index (χ4n) is 3.20. The molecule has 1 amide bonds. The van der Waals surface area contributed by atoms with E-state index in [1.807, 2.05) is 29.6 Å². The highest BCUT2D eigenvalue weighted by atomic mass is 35.5. The number of benzene rings is 1. The fraction of sp³-hybridized carbons (Fsp3) is 0.348. The summed E-state index contributed by atoms with van der Waals surface area (Å²) in [7, 11) is 0. The number of aliphatic carboxylic acids is 1. The van der Waals surface area contributed by atoms with E-state index < -0.39 is 11.6 Å². The summed E-state index contributed by atoms with van der Waals surface area (Å²) in [6.45, 7) is 1.88. The van der Waals surface area contributed by atoms with Crippen molar-refractivity contribution in [3.8, 4) is 23.3 Å². The Morgan fingerprint density at radius 3 is 2.68 bits per heavy atom. The number of carboxylic acids is 1. The van der Waals surface area contributed by atoms with E-state index in [-0.39, 0.29) is 12.3 Å². The number of carbonyl (C=O) groups is 2. The molecular weight excluding hydrogens is 420 g/mol. The van der Waals surface area contributed by atoms with Crippen LogP contribution < -0.4 is 10.1 Å². The molecule has 1 aromatic carbocycles. The van der Waals surface area contributed by atoms with E-state index >= 15 is 0 Å². The normalized spacial score (nSPS) is 19.6. The van der Waals surface area contributed by atoms with Crippen molar-refractivity contribution in [2.24, 2.45) is 5.92 Å². The molecular formula is C23H25ClN2O5. The van der Waals surface area contributed by atoms with Gasteiger partial charge in [0.15, 0.2) is 5.60 Å². The lowest BCUT2D eigenvalue weighted by atomic mass is 9.76. The van der Waals surface area contributed by atoms with E-state index in [1.54, 1.807) is 12.3 Å². The third-order valence-electron chi connectivity index (χ3n) is 4.82. The van der Waals surface area contributed by atoms with Gasteiger partial charge in [0.25, 0.3) is 0 Å². The molecule has 2 aromatic rings. The fourth-order valence-corrected chi connectivity index (χ4v) is 3.32. The molecule has 0 saturated heterocycles. The molecule has 0 aliphatic heterocycles. The predicted octanol–water partition coefficient (Wildman–Crippen LogP) is 3.64. The lowest BCUT2D eigenvalue weighted by Crippen LogP contribution is -2.43. The van der Waals surface area contributed by atoms with Crippen LogP contribution in [0.3, 0.4) is 0 Å². The van der Waals surface area contributed by atoms with Crippen LogP contribution in [0.1, 0.15) is 38.2 Å². The van der Waals surface area contributed by atoms with Crippen molar-refractivity contribution in [2.75, 3.05) is 6.54 Å². The van der Waals surface area contributed by atoms with Gasteiger partial charge in [-0.25, -0.2) is 0 Å². The monoisotopic (exact) mass is 444 g/mol. The zero-order valence-electron chi connectivity index (χ0n) is 17.2. The van der Waals surface area contributed by atoms with Gasteiger partial charge in [0, 0.05) is 22.7 Å². The van der Waals surface area contributed by atoms with Gasteiger partial charge in [-0.15, -0.1) is 0 Å². The van der Waals surface area contributed by atoms with Gasteiger partial charge in [-0.1, -0.05) is 30.9 Å². The molecule has 31 heavy (non-hydrogen) atoms. The summed E-state index contributed by atoms with van der Waals surface area (Å²) in [6.07, 6.45) is 7.64. The number of hydrogen-bond acceptors (Lipinski definition) is 5. The second kappa shape index (κ2) is 11.8. The molecule has 1 fully saturated rings. The van der Waals surface area contributed by atoms with Gasteiger partial charge in [-0.2, -0.15) is 0 Å². The molecule has 1 aromatic heterocycles. The first kappa shape index (κ1) is 24.0. The number of hydrogen-bond donors (Lipinski definition) is 3. The molecule has 1 heterocycles. The standard InChI is InChI=1S/C20H20ClNO2.C3H5NO3/c1-15-4-2-3-10-20(15,24-19-7-5-17(21)6-8-19)11-9-16-12-18(23)14-22-13-16;5-2-4-1-3(6)7/h5-8,12-15,23H,2-4,10H2,1H3;2H,1H2,(H,4,5)(H,6,7). The molecule has 2 unspecified atom stereocenters. The van der Waals surface area contributed by atoms with E-state index in [2.05, 4.69) is 23.7 Å². The highest BCUT2D eigenvalue weighted by molar-refractivity contribution is 6.30. The first-order valence-corrected chi connectivity index (χ1v) is 10.2. The number of pyridine rings is 1. The van der Waals surface area contributed by atoms with Crippen molar-refractivity contribution in [1.29, 1.82) is 0 Å². The summed E-state index contributed by atoms with van der Waals surface area (Å²) in [5.74, 6) is 6.65. The van der Waals surface area contributed by atoms with Crippen LogP contribution in [0.5, 0.6) is 11.5 Å². The highest BCUT2D eigenvalue weighted by Gasteiger charge is 2.39. The molecule has 3 rings (SSSR count). The van der Waals surface area contributed by atoms with Crippen LogP contribution in [0.15, 0.2) is 42.7 Å². The second-order valence-corrected chi connectivity index (χ2v) is 7.60. The van der Waals surface area contributed by atoms with E-state index in [1.165, 1.54) is 12.6 Å². The molecule has 1 aliphatic rings. The molecule has 7 nitrogen and oxygen atoms in total. The maximum absolute atomic E-state index is 9.55. The molecule has 0 spiro atoms. The topological polar surface area (TPSA) is 109 Å². The minimum Gasteiger partial charge on any atom is -0.506 e. The Labute approximate surface area is 186 Å². The third kappa shape index (κ3) is 7.83. The lowest BCUT2D eigenvalue weighted by Gasteiger charge is -2.38. The molecule has 8 heteroatoms. The Hall–Kier alpha value is -3.24. The second-order valence-electron chi connectivity index (χ2n) is 7.17. The Balaban J connectivity index is 0.000000423. The largest absolute Gasteiger partial charge is 0.506 e. The number of carboxylic acid groups (broad SMARTS) is 1. The Bertz CT molecular complexity index is 939. The van der Waals surface area contributed by atoms with Crippen LogP contribution in [0.25, 0.3) is 0 Å². The van der Waals surface area contributed by atoms with Gasteiger partial charge < -0.3 is 20.3 Å². The van der Waals surface area contributed by atoms with Crippen LogP contribution in [0.2, 0.25) is 5.02 Å². The van der Waals surface area contributed by atoms with Crippen molar-refractivity contribution in [1.82, 2.24) is 10.3 Å². The van der Waals surface area contributed by atoms with Crippen LogP contribution in [0.4, 0.5) is 0 Å². The van der Waals surface area contributed by atoms with Crippen molar-refractivity contribution in [2.45, 2.75) is 38.2 Å². The molecule has 164 valence electrons. The van der Waals surface area contributed by atoms with Crippen molar-refractivity contribution in [3.63, 3.8) is 0 Å². The quantitative estimate of drug-likeness (QED) is 0.480. The van der Waals surface area contributed by atoms with Gasteiger partial charge in [0.1, 0.15) is 18.0 Å². The number of aromatic nitrogens is 1. The number of halogens is 1. The summed E-state index contributed by atoms with van der Waals surface area (Å²) in [4.78, 5) is 22.8. The molecule has 3 N–H and O–H groups in total. The Morgan fingerprint density at radius 2 is 2.10 bits per heavy atom. The Kier molecular flexibility index (Phi) is 9.16. The number of aromatic hydroxyl groups is 1. The average Bonchev–Trinajstić information content (AvgIpc) is 2.75. The molecule has 1 saturated carbocycles. The summed E-state index contributed by atoms with van der Waals surface area (Å²) >= 11 is 5.96. The number of rotatable bonds is 5. The summed E-state index contributed by atoms with van der Waals surface area (Å²) in [5.41, 5.74) is 0.157. The predicted molar refractivity (Wildman–Crippen MR) is 117 cm³/mol. The van der Waals surface area contributed by atoms with Crippen LogP contribution in [-0.4, -0.2) is 39.7 Å². The van der Waals surface area contributed by atoms with Crippen molar-refractivity contribution in [3.05, 3.63) is 53.3 Å². The molecule has 0 radical (unpaired) electrons. The summed E-state index contributed by atoms with van der Waals surface area (Å²) in [5, 5.41) is 20.0. The van der Waals surface area contributed by atoms with Gasteiger partial charge in [0.05, 0.1) is 6.20 Å². The third-order valence-corrected chi connectivity index (χ3v) is 5.08. The van der Waals surface area contributed by atoms with Gasteiger partial charge in [-0.3, -0.25) is 14.6 Å². The number of amides is 1. The maximum Gasteiger partial charge on any atom is 0.322 e. The first-order valence-electron chi connectivity index (χ1n) is 9.85. The van der Waals surface area contributed by atoms with Crippen LogP contribution in [0, 0.1) is 17.8 Å². The van der Waals surface area contributed by atoms with E-state index in [0.29, 0.717) is 22.9 Å². The van der Waals surface area contributed by atoms with Crippen LogP contribution >= 0.6 is 11.6 Å². The summed E-state index contributed by atoms with van der Waals surface area (Å²) < 4.78 is 6.35. The number of nitrogens with one attached hydrogen (secondary N) is 1. The van der Waals surface area contributed by atoms with Crippen molar-refractivity contribution >= 4 is 24.0 Å². The number of carbonyl (C=O) groups excluding carboxylic acids is 1. The molecule has 1 aliphatic carbocycles. The SMILES string of the molecule is CC1CCCCC1(C#Cc1cncc(O)c1)Oc1ccc(Cl)cc1.O=CNCC(=O)O. The van der Waals surface area contributed by atoms with Crippen LogP contribution in [-0.2, 0) is 9.59 Å². The number of nitrogens with zero attached hydrogens (tertiary/aromatic N) is 1. The average molecular weight is 445 g/mol. The van der Waals surface area contributed by atoms with Gasteiger partial charge in [0.2, 0.25) is 6.41 Å². The summed E-state index contributed by atoms with van der Waals surface area (Å²) in [6, 6.07) is 9.02. The Morgan fingerprint density at radius 1 is 1.35 bits per heavy atom. The molecule has 2 atom stereocenters. The van der Waals surface area contributed by atoms with E-state index in [4.69, 9.17) is 21.4 Å². The minimum absolute atomic E-state index is 0.117. The van der Waals surface area contributed by atoms with Gasteiger partial charge >= 0.3 is 5.97 Å². The highest BCUT2D eigenvalue weighted by Crippen LogP contribution is 2.37. The maximum atomic E-state index is 9.55. The number of ether oxygens (including phenoxy) is 1. The zero-order valence-corrected chi connectivity index (χ0v) is 17.9. The van der Waals surface area contributed by atoms with Gasteiger partial charge in [-0.05, 0) is 55.5 Å².